The van der Waals surface area contributed by atoms with Crippen molar-refractivity contribution in [1.82, 2.24) is 10.6 Å². The molecule has 0 aliphatic carbocycles. The lowest BCUT2D eigenvalue weighted by Crippen LogP contribution is -2.42. The second-order valence-corrected chi connectivity index (χ2v) is 9.29. The van der Waals surface area contributed by atoms with E-state index >= 15 is 0 Å². The molecular formula is C23H36N2O3S2. The Balaban J connectivity index is 3.04. The highest BCUT2D eigenvalue weighted by molar-refractivity contribution is 7.98. The van der Waals surface area contributed by atoms with E-state index in [4.69, 9.17) is 4.74 Å². The van der Waals surface area contributed by atoms with E-state index in [1.165, 1.54) is 7.11 Å². The van der Waals surface area contributed by atoms with Crippen LogP contribution in [0.3, 0.4) is 0 Å². The van der Waals surface area contributed by atoms with Crippen molar-refractivity contribution in [3.05, 3.63) is 47.0 Å². The molecule has 0 aliphatic rings. The van der Waals surface area contributed by atoms with Crippen LogP contribution in [0.4, 0.5) is 0 Å². The summed E-state index contributed by atoms with van der Waals surface area (Å²) in [5, 5.41) is 6.16. The Kier molecular flexibility index (Phi) is 12.9. The lowest BCUT2D eigenvalue weighted by molar-refractivity contribution is -0.142. The minimum absolute atomic E-state index is 0.202. The second-order valence-electron chi connectivity index (χ2n) is 7.39. The smallest absolute Gasteiger partial charge is 0.328 e. The number of amides is 1. The summed E-state index contributed by atoms with van der Waals surface area (Å²) in [4.78, 5) is 25.2. The summed E-state index contributed by atoms with van der Waals surface area (Å²) in [6.07, 6.45) is 9.66. The Morgan fingerprint density at radius 2 is 1.93 bits per heavy atom. The number of carbonyl (C=O) groups is 2. The maximum atomic E-state index is 13.1. The standard InChI is InChI=1S/C23H36N2O3S2/c1-16(2)19-11-10-17(8-7-9-18(24-3)15-30-6)14-20(19)22(26)25-21(12-13-29-5)23(27)28-4/h7,9-11,14,16,18,21,24H,8,12-13,15H2,1-6H3,(H,25,26)/b9-7+/t18-,21-/m1/s1. The summed E-state index contributed by atoms with van der Waals surface area (Å²) in [6, 6.07) is 5.73. The van der Waals surface area contributed by atoms with Crippen molar-refractivity contribution < 1.29 is 14.3 Å². The van der Waals surface area contributed by atoms with Gasteiger partial charge in [0.05, 0.1) is 7.11 Å². The molecule has 2 atom stereocenters. The number of likely N-dealkylation sites (N-methyl/N-ethyl adjacent to an activating group) is 1. The van der Waals surface area contributed by atoms with Gasteiger partial charge in [-0.1, -0.05) is 38.1 Å². The van der Waals surface area contributed by atoms with Gasteiger partial charge in [-0.15, -0.1) is 0 Å². The third-order valence-electron chi connectivity index (χ3n) is 4.82. The van der Waals surface area contributed by atoms with Crippen molar-refractivity contribution >= 4 is 35.4 Å². The average Bonchev–Trinajstić information content (AvgIpc) is 2.74. The van der Waals surface area contributed by atoms with Gasteiger partial charge in [-0.3, -0.25) is 4.79 Å². The quantitative estimate of drug-likeness (QED) is 0.350. The first-order valence-corrected chi connectivity index (χ1v) is 13.0. The molecule has 0 radical (unpaired) electrons. The van der Waals surface area contributed by atoms with E-state index in [2.05, 4.69) is 49.0 Å². The topological polar surface area (TPSA) is 67.4 Å². The van der Waals surface area contributed by atoms with Gasteiger partial charge < -0.3 is 15.4 Å². The number of ether oxygens (including phenoxy) is 1. The molecule has 1 aromatic rings. The third-order valence-corrected chi connectivity index (χ3v) is 6.16. The molecule has 0 saturated heterocycles. The number of hydrogen-bond donors (Lipinski definition) is 2. The molecule has 2 N–H and O–H groups in total. The first-order chi connectivity index (χ1) is 14.4. The summed E-state index contributed by atoms with van der Waals surface area (Å²) in [5.41, 5.74) is 2.67. The van der Waals surface area contributed by atoms with Gasteiger partial charge in [0.2, 0.25) is 0 Å². The predicted octanol–water partition coefficient (Wildman–Crippen LogP) is 3.88. The van der Waals surface area contributed by atoms with Crippen molar-refractivity contribution in [2.24, 2.45) is 0 Å². The maximum absolute atomic E-state index is 13.1. The van der Waals surface area contributed by atoms with E-state index in [1.54, 1.807) is 23.5 Å². The monoisotopic (exact) mass is 452 g/mol. The van der Waals surface area contributed by atoms with Crippen LogP contribution in [0.1, 0.15) is 47.7 Å². The Hall–Kier alpha value is -1.44. The summed E-state index contributed by atoms with van der Waals surface area (Å²) in [5.74, 6) is 1.35. The molecule has 168 valence electrons. The number of carbonyl (C=O) groups excluding carboxylic acids is 2. The number of allylic oxidation sites excluding steroid dienone is 1. The van der Waals surface area contributed by atoms with Crippen molar-refractivity contribution in [3.8, 4) is 0 Å². The Bertz CT molecular complexity index is 708. The van der Waals surface area contributed by atoms with E-state index in [1.807, 2.05) is 25.4 Å². The van der Waals surface area contributed by atoms with Crippen LogP contribution in [0.15, 0.2) is 30.4 Å². The van der Waals surface area contributed by atoms with Crippen molar-refractivity contribution in [1.29, 1.82) is 0 Å². The van der Waals surface area contributed by atoms with Crippen LogP contribution in [0, 0.1) is 0 Å². The zero-order chi connectivity index (χ0) is 22.5. The molecule has 0 saturated carbocycles. The molecule has 0 aliphatic heterocycles. The second kappa shape index (κ2) is 14.5. The van der Waals surface area contributed by atoms with Gasteiger partial charge in [0, 0.05) is 17.4 Å². The Morgan fingerprint density at radius 3 is 2.50 bits per heavy atom. The number of benzene rings is 1. The van der Waals surface area contributed by atoms with Gasteiger partial charge in [0.15, 0.2) is 0 Å². The van der Waals surface area contributed by atoms with Gasteiger partial charge in [-0.25, -0.2) is 4.79 Å². The fourth-order valence-corrected chi connectivity index (χ4v) is 4.18. The maximum Gasteiger partial charge on any atom is 0.328 e. The number of nitrogens with one attached hydrogen (secondary N) is 2. The van der Waals surface area contributed by atoms with Gasteiger partial charge in [0.25, 0.3) is 5.91 Å². The molecule has 7 heteroatoms. The first kappa shape index (κ1) is 26.6. The summed E-state index contributed by atoms with van der Waals surface area (Å²) in [7, 11) is 3.31. The van der Waals surface area contributed by atoms with E-state index < -0.39 is 12.0 Å². The summed E-state index contributed by atoms with van der Waals surface area (Å²) < 4.78 is 4.87. The van der Waals surface area contributed by atoms with Crippen LogP contribution in [0.2, 0.25) is 0 Å². The highest BCUT2D eigenvalue weighted by Gasteiger charge is 2.23. The molecule has 0 aromatic heterocycles. The van der Waals surface area contributed by atoms with Crippen LogP contribution in [0.25, 0.3) is 0 Å². The zero-order valence-corrected chi connectivity index (χ0v) is 20.6. The average molecular weight is 453 g/mol. The minimum atomic E-state index is -0.638. The highest BCUT2D eigenvalue weighted by Crippen LogP contribution is 2.22. The number of methoxy groups -OCH3 is 1. The van der Waals surface area contributed by atoms with E-state index in [-0.39, 0.29) is 11.8 Å². The fraction of sp³-hybridized carbons (Fsp3) is 0.565. The van der Waals surface area contributed by atoms with E-state index in [0.717, 1.165) is 29.1 Å². The van der Waals surface area contributed by atoms with Gasteiger partial charge in [-0.2, -0.15) is 23.5 Å². The normalized spacial score (nSPS) is 13.4. The van der Waals surface area contributed by atoms with Crippen molar-refractivity contribution in [2.45, 2.75) is 44.7 Å². The van der Waals surface area contributed by atoms with Gasteiger partial charge >= 0.3 is 5.97 Å². The largest absolute Gasteiger partial charge is 0.467 e. The Morgan fingerprint density at radius 1 is 1.20 bits per heavy atom. The molecule has 1 amide bonds. The van der Waals surface area contributed by atoms with Crippen LogP contribution >= 0.6 is 23.5 Å². The van der Waals surface area contributed by atoms with Crippen molar-refractivity contribution in [2.75, 3.05) is 38.2 Å². The van der Waals surface area contributed by atoms with Crippen LogP contribution in [-0.4, -0.2) is 62.1 Å². The molecule has 1 aromatic carbocycles. The van der Waals surface area contributed by atoms with Crippen LogP contribution in [0.5, 0.6) is 0 Å². The number of rotatable bonds is 13. The highest BCUT2D eigenvalue weighted by atomic mass is 32.2. The van der Waals surface area contributed by atoms with Gasteiger partial charge in [0.1, 0.15) is 6.04 Å². The third kappa shape index (κ3) is 8.74. The molecule has 0 heterocycles. The lowest BCUT2D eigenvalue weighted by atomic mass is 9.93. The molecule has 30 heavy (non-hydrogen) atoms. The lowest BCUT2D eigenvalue weighted by Gasteiger charge is -2.19. The number of esters is 1. The molecule has 0 spiro atoms. The molecule has 0 fully saturated rings. The Labute approximate surface area is 190 Å². The molecule has 5 nitrogen and oxygen atoms in total. The number of hydrogen-bond acceptors (Lipinski definition) is 6. The SMILES string of the molecule is CN[C@H](/C=C/Cc1ccc(C(C)C)c(C(=O)N[C@H](CCSC)C(=O)OC)c1)CSC. The van der Waals surface area contributed by atoms with Gasteiger partial charge in [-0.05, 0) is 61.3 Å². The van der Waals surface area contributed by atoms with E-state index in [0.29, 0.717) is 18.0 Å². The predicted molar refractivity (Wildman–Crippen MR) is 131 cm³/mol. The molecule has 0 unspecified atom stereocenters. The molecule has 0 bridgehead atoms. The minimum Gasteiger partial charge on any atom is -0.467 e. The number of thioether (sulfide) groups is 2. The summed E-state index contributed by atoms with van der Waals surface area (Å²) in [6.45, 7) is 4.13. The van der Waals surface area contributed by atoms with Crippen LogP contribution in [-0.2, 0) is 16.0 Å². The van der Waals surface area contributed by atoms with E-state index in [9.17, 15) is 9.59 Å². The molecule has 1 rings (SSSR count). The van der Waals surface area contributed by atoms with Crippen molar-refractivity contribution in [3.63, 3.8) is 0 Å². The fourth-order valence-electron chi connectivity index (χ4n) is 3.08. The zero-order valence-electron chi connectivity index (χ0n) is 19.0. The first-order valence-electron chi connectivity index (χ1n) is 10.2. The summed E-state index contributed by atoms with van der Waals surface area (Å²) >= 11 is 3.44. The van der Waals surface area contributed by atoms with Crippen LogP contribution < -0.4 is 10.6 Å². The molecular weight excluding hydrogens is 416 g/mol.